The molecular formula is C14H22O. The number of hydrogen-bond acceptors (Lipinski definition) is 1. The molecule has 0 heterocycles. The van der Waals surface area contributed by atoms with Crippen molar-refractivity contribution in [2.24, 2.45) is 0 Å². The molecule has 0 aliphatic rings. The van der Waals surface area contributed by atoms with Gasteiger partial charge >= 0.3 is 0 Å². The van der Waals surface area contributed by atoms with E-state index in [0.717, 1.165) is 18.4 Å². The van der Waals surface area contributed by atoms with Gasteiger partial charge in [0.15, 0.2) is 5.78 Å². The van der Waals surface area contributed by atoms with Crippen molar-refractivity contribution < 1.29 is 4.79 Å². The second-order valence-electron chi connectivity index (χ2n) is 4.31. The first-order valence-corrected chi connectivity index (χ1v) is 5.41. The SMILES string of the molecule is CC(=O)/C=C(C)/C=C(\C)CCC=C(C)C. The first-order valence-electron chi connectivity index (χ1n) is 5.41. The van der Waals surface area contributed by atoms with Crippen molar-refractivity contribution in [3.63, 3.8) is 0 Å². The molecular weight excluding hydrogens is 184 g/mol. The van der Waals surface area contributed by atoms with Crippen LogP contribution in [0.15, 0.2) is 34.9 Å². The van der Waals surface area contributed by atoms with Gasteiger partial charge in [0.25, 0.3) is 0 Å². The normalized spacial score (nSPS) is 12.6. The van der Waals surface area contributed by atoms with Gasteiger partial charge in [0.2, 0.25) is 0 Å². The van der Waals surface area contributed by atoms with E-state index in [1.807, 2.05) is 6.92 Å². The molecule has 0 amide bonds. The average molecular weight is 206 g/mol. The molecule has 0 spiro atoms. The zero-order valence-corrected chi connectivity index (χ0v) is 10.6. The molecule has 0 saturated carbocycles. The quantitative estimate of drug-likeness (QED) is 0.374. The molecule has 0 atom stereocenters. The van der Waals surface area contributed by atoms with Crippen LogP contribution in [0.1, 0.15) is 47.5 Å². The molecule has 0 aliphatic heterocycles. The molecule has 15 heavy (non-hydrogen) atoms. The number of allylic oxidation sites excluding steroid dienone is 6. The molecule has 0 aromatic heterocycles. The molecule has 0 radical (unpaired) electrons. The number of carbonyl (C=O) groups excluding carboxylic acids is 1. The van der Waals surface area contributed by atoms with Crippen LogP contribution < -0.4 is 0 Å². The Bertz CT molecular complexity index is 299. The summed E-state index contributed by atoms with van der Waals surface area (Å²) in [6.45, 7) is 9.87. The third-order valence-corrected chi connectivity index (χ3v) is 2.00. The fourth-order valence-corrected chi connectivity index (χ4v) is 1.41. The van der Waals surface area contributed by atoms with E-state index in [-0.39, 0.29) is 5.78 Å². The van der Waals surface area contributed by atoms with Crippen LogP contribution in [0.5, 0.6) is 0 Å². The maximum atomic E-state index is 10.8. The summed E-state index contributed by atoms with van der Waals surface area (Å²) >= 11 is 0. The summed E-state index contributed by atoms with van der Waals surface area (Å²) in [5.41, 5.74) is 3.72. The molecule has 1 heteroatoms. The van der Waals surface area contributed by atoms with Crippen molar-refractivity contribution in [2.75, 3.05) is 0 Å². The van der Waals surface area contributed by atoms with Gasteiger partial charge in [-0.05, 0) is 59.1 Å². The maximum absolute atomic E-state index is 10.8. The van der Waals surface area contributed by atoms with E-state index in [1.165, 1.54) is 11.1 Å². The molecule has 0 aromatic rings. The summed E-state index contributed by atoms with van der Waals surface area (Å²) in [5.74, 6) is 0.112. The Morgan fingerprint density at radius 1 is 1.00 bits per heavy atom. The number of ketones is 1. The van der Waals surface area contributed by atoms with Crippen LogP contribution >= 0.6 is 0 Å². The number of carbonyl (C=O) groups is 1. The largest absolute Gasteiger partial charge is 0.295 e. The van der Waals surface area contributed by atoms with E-state index in [2.05, 4.69) is 32.9 Å². The van der Waals surface area contributed by atoms with Crippen molar-refractivity contribution in [2.45, 2.75) is 47.5 Å². The monoisotopic (exact) mass is 206 g/mol. The van der Waals surface area contributed by atoms with Gasteiger partial charge in [0.05, 0.1) is 0 Å². The van der Waals surface area contributed by atoms with Crippen LogP contribution in [0.3, 0.4) is 0 Å². The lowest BCUT2D eigenvalue weighted by molar-refractivity contribution is -0.112. The zero-order chi connectivity index (χ0) is 11.8. The van der Waals surface area contributed by atoms with Crippen LogP contribution in [-0.4, -0.2) is 5.78 Å². The van der Waals surface area contributed by atoms with Gasteiger partial charge in [-0.3, -0.25) is 4.79 Å². The van der Waals surface area contributed by atoms with E-state index < -0.39 is 0 Å². The highest BCUT2D eigenvalue weighted by molar-refractivity contribution is 5.88. The molecule has 0 saturated heterocycles. The van der Waals surface area contributed by atoms with Gasteiger partial charge in [-0.25, -0.2) is 0 Å². The van der Waals surface area contributed by atoms with Crippen LogP contribution in [0.4, 0.5) is 0 Å². The standard InChI is InChI=1S/C14H22O/c1-11(2)7-6-8-12(3)9-13(4)10-14(5)15/h7,9-10H,6,8H2,1-5H3/b12-9+,13-10+. The lowest BCUT2D eigenvalue weighted by Gasteiger charge is -1.99. The fraction of sp³-hybridized carbons (Fsp3) is 0.500. The average Bonchev–Trinajstić information content (AvgIpc) is 2.00. The highest BCUT2D eigenvalue weighted by Gasteiger charge is 1.91. The minimum Gasteiger partial charge on any atom is -0.295 e. The van der Waals surface area contributed by atoms with Crippen LogP contribution in [0, 0.1) is 0 Å². The number of rotatable bonds is 5. The first kappa shape index (κ1) is 13.9. The van der Waals surface area contributed by atoms with E-state index in [0.29, 0.717) is 0 Å². The summed E-state index contributed by atoms with van der Waals surface area (Å²) in [6, 6.07) is 0. The first-order chi connectivity index (χ1) is 6.91. The van der Waals surface area contributed by atoms with Gasteiger partial charge < -0.3 is 0 Å². The Kier molecular flexibility index (Phi) is 6.68. The molecule has 0 N–H and O–H groups in total. The lowest BCUT2D eigenvalue weighted by atomic mass is 10.1. The molecule has 1 nitrogen and oxygen atoms in total. The maximum Gasteiger partial charge on any atom is 0.152 e. The molecule has 0 bridgehead atoms. The zero-order valence-electron chi connectivity index (χ0n) is 10.6. The van der Waals surface area contributed by atoms with E-state index in [4.69, 9.17) is 0 Å². The Labute approximate surface area is 93.6 Å². The Morgan fingerprint density at radius 3 is 2.07 bits per heavy atom. The third-order valence-electron chi connectivity index (χ3n) is 2.00. The van der Waals surface area contributed by atoms with Crippen molar-refractivity contribution >= 4 is 5.78 Å². The minimum absolute atomic E-state index is 0.112. The summed E-state index contributed by atoms with van der Waals surface area (Å²) in [4.78, 5) is 10.8. The molecule has 84 valence electrons. The van der Waals surface area contributed by atoms with Gasteiger partial charge in [-0.15, -0.1) is 0 Å². The van der Waals surface area contributed by atoms with Crippen LogP contribution in [0.2, 0.25) is 0 Å². The van der Waals surface area contributed by atoms with Gasteiger partial charge in [0.1, 0.15) is 0 Å². The number of hydrogen-bond donors (Lipinski definition) is 0. The van der Waals surface area contributed by atoms with Crippen LogP contribution in [-0.2, 0) is 4.79 Å². The highest BCUT2D eigenvalue weighted by Crippen LogP contribution is 2.09. The van der Waals surface area contributed by atoms with E-state index in [9.17, 15) is 4.79 Å². The van der Waals surface area contributed by atoms with Gasteiger partial charge in [-0.1, -0.05) is 23.3 Å². The predicted octanol–water partition coefficient (Wildman–Crippen LogP) is 4.21. The topological polar surface area (TPSA) is 17.1 Å². The van der Waals surface area contributed by atoms with Crippen molar-refractivity contribution in [1.82, 2.24) is 0 Å². The Balaban J connectivity index is 4.20. The van der Waals surface area contributed by atoms with Crippen LogP contribution in [0.25, 0.3) is 0 Å². The molecule has 0 aliphatic carbocycles. The van der Waals surface area contributed by atoms with E-state index in [1.54, 1.807) is 13.0 Å². The molecule has 0 rings (SSSR count). The highest BCUT2D eigenvalue weighted by atomic mass is 16.1. The van der Waals surface area contributed by atoms with Crippen molar-refractivity contribution in [3.8, 4) is 0 Å². The summed E-state index contributed by atoms with van der Waals surface area (Å²) in [5, 5.41) is 0. The third kappa shape index (κ3) is 9.20. The second kappa shape index (κ2) is 7.22. The van der Waals surface area contributed by atoms with Crippen molar-refractivity contribution in [1.29, 1.82) is 0 Å². The molecule has 0 aromatic carbocycles. The molecule has 0 fully saturated rings. The predicted molar refractivity (Wildman–Crippen MR) is 66.9 cm³/mol. The summed E-state index contributed by atoms with van der Waals surface area (Å²) < 4.78 is 0. The van der Waals surface area contributed by atoms with Gasteiger partial charge in [-0.2, -0.15) is 0 Å². The minimum atomic E-state index is 0.112. The van der Waals surface area contributed by atoms with Crippen molar-refractivity contribution in [3.05, 3.63) is 34.9 Å². The summed E-state index contributed by atoms with van der Waals surface area (Å²) in [7, 11) is 0. The Morgan fingerprint density at radius 2 is 1.60 bits per heavy atom. The smallest absolute Gasteiger partial charge is 0.152 e. The van der Waals surface area contributed by atoms with Gasteiger partial charge in [0, 0.05) is 0 Å². The second-order valence-corrected chi connectivity index (χ2v) is 4.31. The summed E-state index contributed by atoms with van der Waals surface area (Å²) in [6.07, 6.45) is 8.14. The lowest BCUT2D eigenvalue weighted by Crippen LogP contribution is -1.84. The fourth-order valence-electron chi connectivity index (χ4n) is 1.41. The molecule has 0 unspecified atom stereocenters. The Hall–Kier alpha value is -1.11. The van der Waals surface area contributed by atoms with E-state index >= 15 is 0 Å².